The SMILES string of the molecule is c1cncc(-c2cccc(-n3c4ccccc4c4ccc5c(cc6c7ccccc7c7ccccc7n65)c43)c2)c1. The van der Waals surface area contributed by atoms with Crippen LogP contribution in [0.15, 0.2) is 140 Å². The fourth-order valence-electron chi connectivity index (χ4n) is 6.66. The summed E-state index contributed by atoms with van der Waals surface area (Å²) in [6, 6.07) is 46.2. The summed E-state index contributed by atoms with van der Waals surface area (Å²) >= 11 is 0. The Labute approximate surface area is 230 Å². The monoisotopic (exact) mass is 509 g/mol. The molecule has 0 bridgehead atoms. The van der Waals surface area contributed by atoms with Gasteiger partial charge in [-0.05, 0) is 53.4 Å². The minimum Gasteiger partial charge on any atom is -0.309 e. The van der Waals surface area contributed by atoms with Crippen molar-refractivity contribution in [3.8, 4) is 16.8 Å². The molecule has 0 aliphatic heterocycles. The third-order valence-corrected chi connectivity index (χ3v) is 8.35. The first-order chi connectivity index (χ1) is 19.9. The number of nitrogens with zero attached hydrogens (tertiary/aromatic N) is 3. The molecule has 0 radical (unpaired) electrons. The molecular weight excluding hydrogens is 486 g/mol. The van der Waals surface area contributed by atoms with Crippen LogP contribution in [0.3, 0.4) is 0 Å². The van der Waals surface area contributed by atoms with Gasteiger partial charge in [0.05, 0.1) is 27.6 Å². The molecule has 0 N–H and O–H groups in total. The van der Waals surface area contributed by atoms with E-state index in [0.29, 0.717) is 0 Å². The zero-order valence-corrected chi connectivity index (χ0v) is 21.6. The van der Waals surface area contributed by atoms with Crippen LogP contribution < -0.4 is 0 Å². The quantitative estimate of drug-likeness (QED) is 0.213. The van der Waals surface area contributed by atoms with E-state index in [1.807, 2.05) is 18.5 Å². The van der Waals surface area contributed by atoms with Crippen molar-refractivity contribution in [1.82, 2.24) is 14.0 Å². The molecule has 4 heterocycles. The van der Waals surface area contributed by atoms with Gasteiger partial charge in [-0.3, -0.25) is 4.98 Å². The first-order valence-corrected chi connectivity index (χ1v) is 13.6. The molecule has 40 heavy (non-hydrogen) atoms. The van der Waals surface area contributed by atoms with Gasteiger partial charge in [-0.15, -0.1) is 0 Å². The maximum Gasteiger partial charge on any atom is 0.0635 e. The van der Waals surface area contributed by atoms with Crippen LogP contribution in [0.4, 0.5) is 0 Å². The van der Waals surface area contributed by atoms with Crippen LogP contribution in [0, 0.1) is 0 Å². The summed E-state index contributed by atoms with van der Waals surface area (Å²) in [6.45, 7) is 0. The fourth-order valence-corrected chi connectivity index (χ4v) is 6.66. The maximum atomic E-state index is 4.36. The van der Waals surface area contributed by atoms with E-state index in [4.69, 9.17) is 0 Å². The van der Waals surface area contributed by atoms with E-state index in [2.05, 4.69) is 135 Å². The van der Waals surface area contributed by atoms with Gasteiger partial charge in [0.1, 0.15) is 0 Å². The first kappa shape index (κ1) is 21.5. The summed E-state index contributed by atoms with van der Waals surface area (Å²) in [4.78, 5) is 4.36. The van der Waals surface area contributed by atoms with Gasteiger partial charge in [0, 0.05) is 50.6 Å². The Hall–Kier alpha value is -5.41. The normalized spacial score (nSPS) is 12.0. The van der Waals surface area contributed by atoms with Crippen molar-refractivity contribution >= 4 is 59.9 Å². The molecule has 186 valence electrons. The minimum atomic E-state index is 1.11. The van der Waals surface area contributed by atoms with Crippen molar-refractivity contribution in [1.29, 1.82) is 0 Å². The maximum absolute atomic E-state index is 4.36. The van der Waals surface area contributed by atoms with Gasteiger partial charge in [-0.2, -0.15) is 0 Å². The van der Waals surface area contributed by atoms with Crippen molar-refractivity contribution in [2.45, 2.75) is 0 Å². The highest BCUT2D eigenvalue weighted by Gasteiger charge is 2.19. The van der Waals surface area contributed by atoms with Crippen LogP contribution in [0.2, 0.25) is 0 Å². The van der Waals surface area contributed by atoms with E-state index in [1.165, 1.54) is 59.9 Å². The largest absolute Gasteiger partial charge is 0.309 e. The van der Waals surface area contributed by atoms with Crippen molar-refractivity contribution in [3.05, 3.63) is 140 Å². The third-order valence-electron chi connectivity index (χ3n) is 8.35. The van der Waals surface area contributed by atoms with Crippen molar-refractivity contribution in [2.24, 2.45) is 0 Å². The number of pyridine rings is 2. The lowest BCUT2D eigenvalue weighted by Gasteiger charge is -2.11. The number of rotatable bonds is 2. The van der Waals surface area contributed by atoms with Gasteiger partial charge in [0.15, 0.2) is 0 Å². The molecule has 9 aromatic rings. The molecular formula is C37H23N3. The summed E-state index contributed by atoms with van der Waals surface area (Å²) in [7, 11) is 0. The van der Waals surface area contributed by atoms with E-state index < -0.39 is 0 Å². The van der Waals surface area contributed by atoms with Gasteiger partial charge < -0.3 is 8.97 Å². The van der Waals surface area contributed by atoms with Crippen molar-refractivity contribution in [2.75, 3.05) is 0 Å². The molecule has 0 aliphatic rings. The molecule has 0 amide bonds. The third kappa shape index (κ3) is 2.86. The summed E-state index contributed by atoms with van der Waals surface area (Å²) in [5, 5.41) is 7.60. The van der Waals surface area contributed by atoms with E-state index in [0.717, 1.165) is 16.8 Å². The zero-order valence-electron chi connectivity index (χ0n) is 21.6. The summed E-state index contributed by atoms with van der Waals surface area (Å²) in [5.74, 6) is 0. The molecule has 5 aromatic carbocycles. The zero-order chi connectivity index (χ0) is 26.2. The number of hydrogen-bond donors (Lipinski definition) is 0. The highest BCUT2D eigenvalue weighted by molar-refractivity contribution is 6.22. The molecule has 9 rings (SSSR count). The van der Waals surface area contributed by atoms with Gasteiger partial charge >= 0.3 is 0 Å². The molecule has 0 saturated heterocycles. The Morgan fingerprint density at radius 1 is 0.425 bits per heavy atom. The Balaban J connectivity index is 1.48. The lowest BCUT2D eigenvalue weighted by atomic mass is 10.1. The number of para-hydroxylation sites is 2. The molecule has 0 fully saturated rings. The number of hydrogen-bond acceptors (Lipinski definition) is 1. The standard InChI is InChI=1S/C37H23N3/c1-2-14-29-27(12-1)28-13-3-6-17-34(28)40-35-19-18-31-30-15-4-5-16-33(30)39(37(31)32(35)22-36(29)40)26-11-7-9-24(21-26)25-10-8-20-38-23-25/h1-23H. The van der Waals surface area contributed by atoms with Gasteiger partial charge in [-0.25, -0.2) is 0 Å². The van der Waals surface area contributed by atoms with Gasteiger partial charge in [-0.1, -0.05) is 84.9 Å². The van der Waals surface area contributed by atoms with Crippen LogP contribution in [0.25, 0.3) is 76.7 Å². The Morgan fingerprint density at radius 3 is 1.90 bits per heavy atom. The van der Waals surface area contributed by atoms with E-state index >= 15 is 0 Å². The highest BCUT2D eigenvalue weighted by atomic mass is 15.0. The average Bonchev–Trinajstić information content (AvgIpc) is 3.59. The van der Waals surface area contributed by atoms with E-state index in [-0.39, 0.29) is 0 Å². The summed E-state index contributed by atoms with van der Waals surface area (Å²) in [5.41, 5.74) is 9.54. The molecule has 3 heteroatoms. The second kappa shape index (κ2) is 8.05. The smallest absolute Gasteiger partial charge is 0.0635 e. The van der Waals surface area contributed by atoms with Crippen LogP contribution in [-0.2, 0) is 0 Å². The lowest BCUT2D eigenvalue weighted by Crippen LogP contribution is -1.95. The molecule has 0 unspecified atom stereocenters. The predicted molar refractivity (Wildman–Crippen MR) is 167 cm³/mol. The fraction of sp³-hybridized carbons (Fsp3) is 0. The molecule has 0 spiro atoms. The topological polar surface area (TPSA) is 22.2 Å². The summed E-state index contributed by atoms with van der Waals surface area (Å²) in [6.07, 6.45) is 3.75. The van der Waals surface area contributed by atoms with Gasteiger partial charge in [0.2, 0.25) is 0 Å². The molecule has 0 aliphatic carbocycles. The molecule has 0 saturated carbocycles. The van der Waals surface area contributed by atoms with E-state index in [9.17, 15) is 0 Å². The van der Waals surface area contributed by atoms with Crippen molar-refractivity contribution < 1.29 is 0 Å². The highest BCUT2D eigenvalue weighted by Crippen LogP contribution is 2.41. The van der Waals surface area contributed by atoms with Crippen molar-refractivity contribution in [3.63, 3.8) is 0 Å². The van der Waals surface area contributed by atoms with Crippen LogP contribution in [0.5, 0.6) is 0 Å². The second-order valence-corrected chi connectivity index (χ2v) is 10.5. The molecule has 0 atom stereocenters. The minimum absolute atomic E-state index is 1.11. The first-order valence-electron chi connectivity index (χ1n) is 13.6. The number of fused-ring (bicyclic) bond motifs is 12. The second-order valence-electron chi connectivity index (χ2n) is 10.5. The Morgan fingerprint density at radius 2 is 1.10 bits per heavy atom. The number of benzene rings is 5. The van der Waals surface area contributed by atoms with Crippen LogP contribution in [0.1, 0.15) is 0 Å². The molecule has 4 aromatic heterocycles. The Kier molecular flexibility index (Phi) is 4.33. The number of aromatic nitrogens is 3. The van der Waals surface area contributed by atoms with Crippen LogP contribution >= 0.6 is 0 Å². The lowest BCUT2D eigenvalue weighted by molar-refractivity contribution is 1.19. The molecule has 3 nitrogen and oxygen atoms in total. The Bertz CT molecular complexity index is 2430. The average molecular weight is 510 g/mol. The van der Waals surface area contributed by atoms with Gasteiger partial charge in [0.25, 0.3) is 0 Å². The summed E-state index contributed by atoms with van der Waals surface area (Å²) < 4.78 is 4.89. The van der Waals surface area contributed by atoms with E-state index in [1.54, 1.807) is 0 Å². The van der Waals surface area contributed by atoms with Crippen LogP contribution in [-0.4, -0.2) is 14.0 Å². The predicted octanol–water partition coefficient (Wildman–Crippen LogP) is 9.56.